The largest absolute Gasteiger partial charge is 0.481 e. The van der Waals surface area contributed by atoms with E-state index in [4.69, 9.17) is 0 Å². The van der Waals surface area contributed by atoms with Crippen LogP contribution in [0.25, 0.3) is 10.8 Å². The molecule has 5 rings (SSSR count). The van der Waals surface area contributed by atoms with E-state index in [1.807, 2.05) is 103 Å². The van der Waals surface area contributed by atoms with Gasteiger partial charge in [0.1, 0.15) is 0 Å². The number of anilines is 1. The number of hydrogen-bond acceptors (Lipinski definition) is 2. The molecule has 4 aromatic rings. The number of fused-ring (bicyclic) bond motifs is 1. The van der Waals surface area contributed by atoms with Gasteiger partial charge in [0, 0.05) is 22.9 Å². The van der Waals surface area contributed by atoms with Crippen LogP contribution in [0.15, 0.2) is 103 Å². The summed E-state index contributed by atoms with van der Waals surface area (Å²) in [6, 6.07) is 32.8. The standard InChI is InChI=1S/C28H23NO3/c30-27(29-22-17-9-15-18-10-7-8-16-21(18)22)25-23(19-11-3-1-4-12-19)26(28(31)32)24(25)20-13-5-2-6-14-20/h1-17,23-26H,(H,29,30)(H,31,32)/t23-,24-,25-,26-/m0/s1. The summed E-state index contributed by atoms with van der Waals surface area (Å²) in [4.78, 5) is 26.0. The molecule has 2 N–H and O–H groups in total. The van der Waals surface area contributed by atoms with Crippen molar-refractivity contribution in [1.82, 2.24) is 0 Å². The van der Waals surface area contributed by atoms with Gasteiger partial charge in [0.2, 0.25) is 5.91 Å². The van der Waals surface area contributed by atoms with Crippen molar-refractivity contribution in [2.75, 3.05) is 5.32 Å². The number of nitrogens with one attached hydrogen (secondary N) is 1. The molecule has 158 valence electrons. The predicted molar refractivity (Wildman–Crippen MR) is 126 cm³/mol. The molecule has 1 amide bonds. The Morgan fingerprint density at radius 2 is 1.16 bits per heavy atom. The van der Waals surface area contributed by atoms with Gasteiger partial charge in [-0.25, -0.2) is 0 Å². The molecule has 0 aliphatic heterocycles. The Bertz CT molecular complexity index is 1220. The molecule has 0 unspecified atom stereocenters. The number of carbonyl (C=O) groups is 2. The molecule has 0 radical (unpaired) electrons. The summed E-state index contributed by atoms with van der Waals surface area (Å²) in [7, 11) is 0. The van der Waals surface area contributed by atoms with Crippen molar-refractivity contribution in [2.45, 2.75) is 11.8 Å². The van der Waals surface area contributed by atoms with Gasteiger partial charge in [-0.15, -0.1) is 0 Å². The lowest BCUT2D eigenvalue weighted by molar-refractivity contribution is -0.152. The van der Waals surface area contributed by atoms with Gasteiger partial charge in [-0.2, -0.15) is 0 Å². The molecule has 1 aliphatic carbocycles. The van der Waals surface area contributed by atoms with Crippen LogP contribution in [0.1, 0.15) is 23.0 Å². The Morgan fingerprint density at radius 3 is 1.75 bits per heavy atom. The molecule has 1 aliphatic rings. The van der Waals surface area contributed by atoms with Gasteiger partial charge in [0.15, 0.2) is 0 Å². The number of aliphatic carboxylic acids is 1. The molecule has 4 aromatic carbocycles. The lowest BCUT2D eigenvalue weighted by atomic mass is 9.52. The maximum absolute atomic E-state index is 13.7. The molecular formula is C28H23NO3. The zero-order chi connectivity index (χ0) is 22.1. The fourth-order valence-electron chi connectivity index (χ4n) is 5.11. The van der Waals surface area contributed by atoms with Gasteiger partial charge in [0.05, 0.1) is 11.8 Å². The van der Waals surface area contributed by atoms with Crippen LogP contribution in [0.2, 0.25) is 0 Å². The monoisotopic (exact) mass is 421 g/mol. The maximum Gasteiger partial charge on any atom is 0.307 e. The SMILES string of the molecule is O=C(O)[C@H]1[C@@H](c2ccccc2)[C@H](C(=O)Nc2cccc3ccccc23)[C@@H]1c1ccccc1. The van der Waals surface area contributed by atoms with E-state index < -0.39 is 29.6 Å². The molecule has 1 saturated carbocycles. The summed E-state index contributed by atoms with van der Waals surface area (Å²) in [6.07, 6.45) is 0. The van der Waals surface area contributed by atoms with E-state index in [0.29, 0.717) is 0 Å². The summed E-state index contributed by atoms with van der Waals surface area (Å²) in [5.74, 6) is -2.96. The second-order valence-corrected chi connectivity index (χ2v) is 8.28. The highest BCUT2D eigenvalue weighted by molar-refractivity contribution is 6.04. The minimum absolute atomic E-state index is 0.151. The van der Waals surface area contributed by atoms with Gasteiger partial charge in [-0.05, 0) is 22.6 Å². The Hall–Kier alpha value is -3.92. The Kier molecular flexibility index (Phi) is 5.20. The first kappa shape index (κ1) is 20.0. The van der Waals surface area contributed by atoms with Crippen LogP contribution < -0.4 is 5.32 Å². The second-order valence-electron chi connectivity index (χ2n) is 8.28. The second kappa shape index (κ2) is 8.31. The first-order chi connectivity index (χ1) is 15.6. The molecule has 0 aromatic heterocycles. The molecule has 0 bridgehead atoms. The van der Waals surface area contributed by atoms with Crippen molar-refractivity contribution in [1.29, 1.82) is 0 Å². The third-order valence-electron chi connectivity index (χ3n) is 6.55. The first-order valence-corrected chi connectivity index (χ1v) is 10.8. The van der Waals surface area contributed by atoms with Crippen molar-refractivity contribution in [2.24, 2.45) is 11.8 Å². The lowest BCUT2D eigenvalue weighted by Crippen LogP contribution is -2.52. The van der Waals surface area contributed by atoms with Crippen LogP contribution in [0.5, 0.6) is 0 Å². The third-order valence-corrected chi connectivity index (χ3v) is 6.55. The van der Waals surface area contributed by atoms with E-state index in [9.17, 15) is 14.7 Å². The Morgan fingerprint density at radius 1 is 0.625 bits per heavy atom. The fraction of sp³-hybridized carbons (Fsp3) is 0.143. The zero-order valence-electron chi connectivity index (χ0n) is 17.4. The number of carboxylic acids is 1. The van der Waals surface area contributed by atoms with Crippen LogP contribution in [-0.4, -0.2) is 17.0 Å². The summed E-state index contributed by atoms with van der Waals surface area (Å²) >= 11 is 0. The third kappa shape index (κ3) is 3.44. The average molecular weight is 421 g/mol. The molecule has 4 nitrogen and oxygen atoms in total. The van der Waals surface area contributed by atoms with Crippen LogP contribution in [-0.2, 0) is 9.59 Å². The number of amides is 1. The molecule has 2 atom stereocenters. The topological polar surface area (TPSA) is 66.4 Å². The van der Waals surface area contributed by atoms with Gasteiger partial charge in [-0.3, -0.25) is 9.59 Å². The quantitative estimate of drug-likeness (QED) is 0.436. The van der Waals surface area contributed by atoms with Gasteiger partial charge >= 0.3 is 5.97 Å². The first-order valence-electron chi connectivity index (χ1n) is 10.8. The van der Waals surface area contributed by atoms with Crippen LogP contribution >= 0.6 is 0 Å². The van der Waals surface area contributed by atoms with E-state index in [2.05, 4.69) is 5.32 Å². The van der Waals surface area contributed by atoms with E-state index >= 15 is 0 Å². The van der Waals surface area contributed by atoms with Crippen molar-refractivity contribution in [3.05, 3.63) is 114 Å². The number of carboxylic acid groups (broad SMARTS) is 1. The minimum atomic E-state index is -0.873. The lowest BCUT2D eigenvalue weighted by Gasteiger charge is -2.49. The number of rotatable bonds is 5. The maximum atomic E-state index is 13.7. The Labute approximate surface area is 186 Å². The normalized spacial score (nSPS) is 22.1. The molecular weight excluding hydrogens is 398 g/mol. The summed E-state index contributed by atoms with van der Waals surface area (Å²) in [6.45, 7) is 0. The molecule has 0 saturated heterocycles. The van der Waals surface area contributed by atoms with E-state index in [1.54, 1.807) is 0 Å². The smallest absolute Gasteiger partial charge is 0.307 e. The summed E-state index contributed by atoms with van der Waals surface area (Å²) < 4.78 is 0. The van der Waals surface area contributed by atoms with Crippen molar-refractivity contribution < 1.29 is 14.7 Å². The molecule has 4 heteroatoms. The highest BCUT2D eigenvalue weighted by Gasteiger charge is 2.58. The van der Waals surface area contributed by atoms with Crippen molar-refractivity contribution >= 4 is 28.3 Å². The summed E-state index contributed by atoms with van der Waals surface area (Å²) in [5.41, 5.74) is 2.50. The van der Waals surface area contributed by atoms with Gasteiger partial charge < -0.3 is 10.4 Å². The average Bonchev–Trinajstić information content (AvgIpc) is 2.80. The predicted octanol–water partition coefficient (Wildman–Crippen LogP) is 5.68. The Balaban J connectivity index is 1.55. The van der Waals surface area contributed by atoms with Crippen LogP contribution in [0, 0.1) is 11.8 Å². The highest BCUT2D eigenvalue weighted by Crippen LogP contribution is 2.58. The molecule has 0 heterocycles. The van der Waals surface area contributed by atoms with E-state index in [-0.39, 0.29) is 5.91 Å². The minimum Gasteiger partial charge on any atom is -0.481 e. The molecule has 32 heavy (non-hydrogen) atoms. The van der Waals surface area contributed by atoms with Crippen molar-refractivity contribution in [3.63, 3.8) is 0 Å². The summed E-state index contributed by atoms with van der Waals surface area (Å²) in [5, 5.41) is 15.2. The van der Waals surface area contributed by atoms with Gasteiger partial charge in [-0.1, -0.05) is 97.1 Å². The molecule has 0 spiro atoms. The number of carbonyl (C=O) groups excluding carboxylic acids is 1. The number of benzene rings is 4. The molecule has 1 fully saturated rings. The zero-order valence-corrected chi connectivity index (χ0v) is 17.4. The van der Waals surface area contributed by atoms with Crippen LogP contribution in [0.4, 0.5) is 5.69 Å². The van der Waals surface area contributed by atoms with Gasteiger partial charge in [0.25, 0.3) is 0 Å². The van der Waals surface area contributed by atoms with E-state index in [1.165, 1.54) is 0 Å². The number of hydrogen-bond donors (Lipinski definition) is 2. The highest BCUT2D eigenvalue weighted by atomic mass is 16.4. The van der Waals surface area contributed by atoms with Crippen LogP contribution in [0.3, 0.4) is 0 Å². The van der Waals surface area contributed by atoms with Crippen molar-refractivity contribution in [3.8, 4) is 0 Å². The van der Waals surface area contributed by atoms with E-state index in [0.717, 1.165) is 27.6 Å². The fourth-order valence-corrected chi connectivity index (χ4v) is 5.11.